The molecule has 2 aromatic carbocycles. The first kappa shape index (κ1) is 15.6. The minimum atomic E-state index is -1.24. The van der Waals surface area contributed by atoms with Crippen LogP contribution in [0, 0.1) is 0 Å². The molecule has 0 radical (unpaired) electrons. The van der Waals surface area contributed by atoms with Crippen molar-refractivity contribution < 1.29 is 19.1 Å². The molecule has 0 saturated heterocycles. The van der Waals surface area contributed by atoms with Crippen LogP contribution in [0.25, 0.3) is 0 Å². The number of hydrogen-bond donors (Lipinski definition) is 1. The molecule has 0 aliphatic carbocycles. The number of aliphatic imine (C=N–C) groups is 1. The number of esters is 1. The number of ether oxygens (including phenoxy) is 1. The van der Waals surface area contributed by atoms with Crippen molar-refractivity contribution in [2.75, 3.05) is 6.54 Å². The van der Waals surface area contributed by atoms with Gasteiger partial charge in [-0.05, 0) is 24.3 Å². The fraction of sp³-hybridized carbons (Fsp3) is 0.111. The van der Waals surface area contributed by atoms with E-state index in [2.05, 4.69) is 10.3 Å². The van der Waals surface area contributed by atoms with Crippen LogP contribution in [0.2, 0.25) is 0 Å². The van der Waals surface area contributed by atoms with Crippen molar-refractivity contribution in [1.29, 1.82) is 0 Å². The number of nitrogens with zero attached hydrogens (tertiary/aromatic N) is 1. The highest BCUT2D eigenvalue weighted by Crippen LogP contribution is 2.14. The van der Waals surface area contributed by atoms with Crippen molar-refractivity contribution in [2.45, 2.75) is 6.04 Å². The number of cyclic esters (lactones) is 1. The molecule has 1 N–H and O–H groups in total. The van der Waals surface area contributed by atoms with E-state index in [-0.39, 0.29) is 18.3 Å². The SMILES string of the molecule is O=C(NCC(=O)C1N=C(c2ccccc2)OC1=O)c1ccccc1. The molecule has 24 heavy (non-hydrogen) atoms. The van der Waals surface area contributed by atoms with Crippen LogP contribution in [-0.2, 0) is 14.3 Å². The van der Waals surface area contributed by atoms with Gasteiger partial charge < -0.3 is 10.1 Å². The Labute approximate surface area is 138 Å². The van der Waals surface area contributed by atoms with Crippen molar-refractivity contribution in [3.63, 3.8) is 0 Å². The Bertz CT molecular complexity index is 800. The van der Waals surface area contributed by atoms with E-state index in [4.69, 9.17) is 4.74 Å². The maximum absolute atomic E-state index is 12.1. The van der Waals surface area contributed by atoms with E-state index < -0.39 is 17.8 Å². The van der Waals surface area contributed by atoms with Crippen LogP contribution < -0.4 is 5.32 Å². The number of rotatable bonds is 5. The Hall–Kier alpha value is -3.28. The van der Waals surface area contributed by atoms with E-state index in [1.165, 1.54) is 0 Å². The van der Waals surface area contributed by atoms with Gasteiger partial charge >= 0.3 is 5.97 Å². The summed E-state index contributed by atoms with van der Waals surface area (Å²) in [5.74, 6) is -1.51. The highest BCUT2D eigenvalue weighted by Gasteiger charge is 2.35. The Balaban J connectivity index is 1.64. The summed E-state index contributed by atoms with van der Waals surface area (Å²) in [6, 6.07) is 16.1. The fourth-order valence-corrected chi connectivity index (χ4v) is 2.22. The monoisotopic (exact) mass is 322 g/mol. The highest BCUT2D eigenvalue weighted by molar-refractivity contribution is 6.16. The van der Waals surface area contributed by atoms with Crippen molar-refractivity contribution >= 4 is 23.6 Å². The molecule has 1 aliphatic rings. The summed E-state index contributed by atoms with van der Waals surface area (Å²) in [5, 5.41) is 2.49. The molecule has 1 unspecified atom stereocenters. The molecule has 120 valence electrons. The molecule has 2 aromatic rings. The van der Waals surface area contributed by atoms with Crippen molar-refractivity contribution in [1.82, 2.24) is 5.32 Å². The second-order valence-electron chi connectivity index (χ2n) is 5.14. The predicted octanol–water partition coefficient (Wildman–Crippen LogP) is 1.36. The van der Waals surface area contributed by atoms with Gasteiger partial charge in [-0.1, -0.05) is 36.4 Å². The molecule has 0 spiro atoms. The maximum atomic E-state index is 12.1. The third-order valence-electron chi connectivity index (χ3n) is 3.45. The maximum Gasteiger partial charge on any atom is 0.345 e. The molecule has 0 fully saturated rings. The molecule has 6 nitrogen and oxygen atoms in total. The van der Waals surface area contributed by atoms with E-state index in [0.717, 1.165) is 0 Å². The van der Waals surface area contributed by atoms with Crippen LogP contribution in [0.4, 0.5) is 0 Å². The van der Waals surface area contributed by atoms with Gasteiger partial charge in [0.05, 0.1) is 6.54 Å². The molecule has 1 amide bonds. The van der Waals surface area contributed by atoms with Crippen molar-refractivity contribution in [3.8, 4) is 0 Å². The highest BCUT2D eigenvalue weighted by atomic mass is 16.6. The standard InChI is InChI=1S/C18H14N2O4/c21-14(11-19-16(22)12-7-3-1-4-8-12)15-18(23)24-17(20-15)13-9-5-2-6-10-13/h1-10,15H,11H2,(H,19,22). The van der Waals surface area contributed by atoms with Gasteiger partial charge in [0, 0.05) is 11.1 Å². The first-order chi connectivity index (χ1) is 11.6. The van der Waals surface area contributed by atoms with E-state index in [1.807, 2.05) is 6.07 Å². The predicted molar refractivity (Wildman–Crippen MR) is 86.6 cm³/mol. The molecular formula is C18H14N2O4. The quantitative estimate of drug-likeness (QED) is 0.665. The van der Waals surface area contributed by atoms with Crippen LogP contribution in [0.1, 0.15) is 15.9 Å². The molecular weight excluding hydrogens is 308 g/mol. The third kappa shape index (κ3) is 3.38. The summed E-state index contributed by atoms with van der Waals surface area (Å²) in [6.45, 7) is -0.293. The van der Waals surface area contributed by atoms with Crippen molar-refractivity contribution in [2.24, 2.45) is 4.99 Å². The Kier molecular flexibility index (Phi) is 4.47. The first-order valence-corrected chi connectivity index (χ1v) is 7.36. The number of benzene rings is 2. The largest absolute Gasteiger partial charge is 0.405 e. The lowest BCUT2D eigenvalue weighted by Crippen LogP contribution is -2.37. The van der Waals surface area contributed by atoms with Crippen LogP contribution >= 0.6 is 0 Å². The summed E-state index contributed by atoms with van der Waals surface area (Å²) >= 11 is 0. The Morgan fingerprint density at radius 2 is 1.62 bits per heavy atom. The van der Waals surface area contributed by atoms with E-state index in [1.54, 1.807) is 54.6 Å². The third-order valence-corrected chi connectivity index (χ3v) is 3.45. The lowest BCUT2D eigenvalue weighted by Gasteiger charge is -2.05. The zero-order chi connectivity index (χ0) is 16.9. The van der Waals surface area contributed by atoms with Gasteiger partial charge in [0.15, 0.2) is 5.78 Å². The van der Waals surface area contributed by atoms with Gasteiger partial charge in [0.25, 0.3) is 5.91 Å². The summed E-state index contributed by atoms with van der Waals surface area (Å²) in [6.07, 6.45) is 0. The molecule has 6 heteroatoms. The fourth-order valence-electron chi connectivity index (χ4n) is 2.22. The number of carbonyl (C=O) groups is 3. The topological polar surface area (TPSA) is 84.8 Å². The lowest BCUT2D eigenvalue weighted by atomic mass is 10.2. The number of hydrogen-bond acceptors (Lipinski definition) is 5. The van der Waals surface area contributed by atoms with E-state index in [0.29, 0.717) is 11.1 Å². The lowest BCUT2D eigenvalue weighted by molar-refractivity contribution is -0.138. The first-order valence-electron chi connectivity index (χ1n) is 7.36. The smallest absolute Gasteiger partial charge is 0.345 e. The van der Waals surface area contributed by atoms with Gasteiger partial charge in [-0.25, -0.2) is 9.79 Å². The summed E-state index contributed by atoms with van der Waals surface area (Å²) in [7, 11) is 0. The van der Waals surface area contributed by atoms with Crippen LogP contribution in [0.5, 0.6) is 0 Å². The van der Waals surface area contributed by atoms with E-state index in [9.17, 15) is 14.4 Å². The second kappa shape index (κ2) is 6.87. The molecule has 3 rings (SSSR count). The Morgan fingerprint density at radius 1 is 1.00 bits per heavy atom. The van der Waals surface area contributed by atoms with Crippen LogP contribution in [0.3, 0.4) is 0 Å². The number of Topliss-reactive ketones (excluding diaryl/α,β-unsaturated/α-hetero) is 1. The minimum Gasteiger partial charge on any atom is -0.405 e. The summed E-state index contributed by atoms with van der Waals surface area (Å²) in [4.78, 5) is 39.9. The average Bonchev–Trinajstić information content (AvgIpc) is 3.03. The van der Waals surface area contributed by atoms with Crippen LogP contribution in [0.15, 0.2) is 65.7 Å². The molecule has 1 atom stereocenters. The molecule has 1 heterocycles. The zero-order valence-corrected chi connectivity index (χ0v) is 12.6. The number of amides is 1. The van der Waals surface area contributed by atoms with Gasteiger partial charge in [-0.15, -0.1) is 0 Å². The van der Waals surface area contributed by atoms with Gasteiger partial charge in [-0.2, -0.15) is 0 Å². The second-order valence-corrected chi connectivity index (χ2v) is 5.14. The van der Waals surface area contributed by atoms with Gasteiger partial charge in [-0.3, -0.25) is 9.59 Å². The average molecular weight is 322 g/mol. The minimum absolute atomic E-state index is 0.119. The number of carbonyl (C=O) groups excluding carboxylic acids is 3. The summed E-state index contributed by atoms with van der Waals surface area (Å²) < 4.78 is 5.05. The van der Waals surface area contributed by atoms with E-state index >= 15 is 0 Å². The van der Waals surface area contributed by atoms with Crippen LogP contribution in [-0.4, -0.2) is 36.1 Å². The molecule has 0 saturated carbocycles. The molecule has 0 aromatic heterocycles. The summed E-state index contributed by atoms with van der Waals surface area (Å²) in [5.41, 5.74) is 1.06. The van der Waals surface area contributed by atoms with Crippen molar-refractivity contribution in [3.05, 3.63) is 71.8 Å². The van der Waals surface area contributed by atoms with Gasteiger partial charge in [0.2, 0.25) is 11.9 Å². The van der Waals surface area contributed by atoms with Gasteiger partial charge in [0.1, 0.15) is 0 Å². The number of nitrogens with one attached hydrogen (secondary N) is 1. The normalized spacial score (nSPS) is 16.2. The Morgan fingerprint density at radius 3 is 2.29 bits per heavy atom. The molecule has 0 bridgehead atoms. The number of ketones is 1. The molecule has 1 aliphatic heterocycles. The zero-order valence-electron chi connectivity index (χ0n) is 12.6.